The smallest absolute Gasteiger partial charge is 0.260 e. The third kappa shape index (κ3) is 4.65. The number of hydrogen-bond donors (Lipinski definition) is 2. The molecule has 2 aliphatic heterocycles. The molecule has 2 aliphatic carbocycles. The number of amides is 2. The number of primary amides is 1. The van der Waals surface area contributed by atoms with Crippen LogP contribution in [0.15, 0.2) is 47.6 Å². The van der Waals surface area contributed by atoms with Gasteiger partial charge < -0.3 is 25.6 Å². The van der Waals surface area contributed by atoms with Gasteiger partial charge in [-0.05, 0) is 55.1 Å². The van der Waals surface area contributed by atoms with Crippen LogP contribution in [0.4, 0.5) is 11.4 Å². The Morgan fingerprint density at radius 1 is 1.13 bits per heavy atom. The zero-order valence-electron chi connectivity index (χ0n) is 21.3. The summed E-state index contributed by atoms with van der Waals surface area (Å²) < 4.78 is 5.76. The topological polar surface area (TPSA) is 113 Å². The molecule has 10 heteroatoms. The third-order valence-corrected chi connectivity index (χ3v) is 8.46. The van der Waals surface area contributed by atoms with Gasteiger partial charge in [0.15, 0.2) is 6.61 Å². The molecular formula is C28H31ClN6O3. The molecule has 2 fully saturated rings. The van der Waals surface area contributed by atoms with Gasteiger partial charge >= 0.3 is 0 Å². The average molecular weight is 535 g/mol. The maximum Gasteiger partial charge on any atom is 0.260 e. The number of halogens is 1. The molecule has 4 aliphatic rings. The number of carbonyl (C=O) groups is 2. The van der Waals surface area contributed by atoms with Crippen LogP contribution in [0.3, 0.4) is 0 Å². The van der Waals surface area contributed by atoms with Gasteiger partial charge in [-0.25, -0.2) is 4.99 Å². The predicted molar refractivity (Wildman–Crippen MR) is 146 cm³/mol. The first kappa shape index (κ1) is 24.9. The fourth-order valence-electron chi connectivity index (χ4n) is 6.01. The van der Waals surface area contributed by atoms with Gasteiger partial charge in [-0.3, -0.25) is 14.6 Å². The van der Waals surface area contributed by atoms with Crippen LogP contribution >= 0.6 is 11.6 Å². The van der Waals surface area contributed by atoms with Gasteiger partial charge in [0, 0.05) is 44.8 Å². The minimum absolute atomic E-state index is 0.00493. The van der Waals surface area contributed by atoms with Crippen LogP contribution < -0.4 is 15.8 Å². The fraction of sp³-hybridized carbons (Fsp3) is 0.429. The highest BCUT2D eigenvalue weighted by Gasteiger charge is 2.48. The Balaban J connectivity index is 1.14. The number of aliphatic imine (C=N–C) groups is 1. The van der Waals surface area contributed by atoms with Gasteiger partial charge in [0.1, 0.15) is 11.4 Å². The van der Waals surface area contributed by atoms with E-state index in [2.05, 4.69) is 34.4 Å². The molecule has 1 aromatic carbocycles. The molecule has 38 heavy (non-hydrogen) atoms. The van der Waals surface area contributed by atoms with Crippen molar-refractivity contribution in [3.8, 4) is 5.75 Å². The molecule has 4 atom stereocenters. The lowest BCUT2D eigenvalue weighted by atomic mass is 9.88. The first-order valence-corrected chi connectivity index (χ1v) is 13.4. The lowest BCUT2D eigenvalue weighted by Gasteiger charge is -2.32. The van der Waals surface area contributed by atoms with Crippen molar-refractivity contribution in [3.63, 3.8) is 0 Å². The number of likely N-dealkylation sites (N-methyl/N-ethyl adjacent to an activating group) is 1. The summed E-state index contributed by atoms with van der Waals surface area (Å²) in [7, 11) is 2.06. The third-order valence-electron chi connectivity index (χ3n) is 8.17. The molecule has 1 saturated heterocycles. The molecule has 1 saturated carbocycles. The molecule has 9 nitrogen and oxygen atoms in total. The monoisotopic (exact) mass is 534 g/mol. The molecular weight excluding hydrogens is 504 g/mol. The van der Waals surface area contributed by atoms with Crippen LogP contribution in [0.25, 0.3) is 0 Å². The summed E-state index contributed by atoms with van der Waals surface area (Å²) in [6.07, 6.45) is 7.38. The number of pyridine rings is 1. The van der Waals surface area contributed by atoms with Gasteiger partial charge in [-0.15, -0.1) is 0 Å². The number of hydrogen-bond acceptors (Lipinski definition) is 7. The maximum absolute atomic E-state index is 12.5. The number of benzene rings is 1. The highest BCUT2D eigenvalue weighted by atomic mass is 35.5. The molecule has 0 radical (unpaired) electrons. The lowest BCUT2D eigenvalue weighted by molar-refractivity contribution is -0.135. The van der Waals surface area contributed by atoms with Crippen LogP contribution in [0.5, 0.6) is 5.75 Å². The van der Waals surface area contributed by atoms with Crippen LogP contribution in [-0.4, -0.2) is 78.2 Å². The average Bonchev–Trinajstić information content (AvgIpc) is 3.64. The number of aromatic nitrogens is 1. The summed E-state index contributed by atoms with van der Waals surface area (Å²) in [5.74, 6) is 0.476. The molecule has 3 N–H and O–H groups in total. The van der Waals surface area contributed by atoms with Crippen molar-refractivity contribution in [2.45, 2.75) is 18.9 Å². The Morgan fingerprint density at radius 2 is 1.87 bits per heavy atom. The number of fused-ring (bicyclic) bond motifs is 3. The maximum atomic E-state index is 12.5. The van der Waals surface area contributed by atoms with Crippen LogP contribution in [-0.2, 0) is 16.0 Å². The minimum atomic E-state index is -0.294. The number of rotatable bonds is 7. The first-order chi connectivity index (χ1) is 18.4. The lowest BCUT2D eigenvalue weighted by Crippen LogP contribution is -2.48. The Labute approximate surface area is 226 Å². The highest BCUT2D eigenvalue weighted by molar-refractivity contribution is 6.34. The molecule has 0 unspecified atom stereocenters. The number of allylic oxidation sites excluding steroid dienone is 1. The van der Waals surface area contributed by atoms with Gasteiger partial charge in [-0.1, -0.05) is 23.8 Å². The van der Waals surface area contributed by atoms with Gasteiger partial charge in [0.25, 0.3) is 5.91 Å². The van der Waals surface area contributed by atoms with Gasteiger partial charge in [-0.2, -0.15) is 0 Å². The van der Waals surface area contributed by atoms with E-state index in [1.165, 1.54) is 0 Å². The van der Waals surface area contributed by atoms with Crippen molar-refractivity contribution in [2.24, 2.45) is 28.5 Å². The number of nitrogens with zero attached hydrogens (tertiary/aromatic N) is 4. The van der Waals surface area contributed by atoms with E-state index in [4.69, 9.17) is 27.1 Å². The van der Waals surface area contributed by atoms with E-state index in [1.54, 1.807) is 6.20 Å². The molecule has 0 spiro atoms. The molecule has 2 bridgehead atoms. The Hall–Kier alpha value is -3.43. The second kappa shape index (κ2) is 10.0. The van der Waals surface area contributed by atoms with Crippen LogP contribution in [0.2, 0.25) is 5.02 Å². The summed E-state index contributed by atoms with van der Waals surface area (Å²) in [6.45, 7) is 3.25. The minimum Gasteiger partial charge on any atom is -0.484 e. The summed E-state index contributed by atoms with van der Waals surface area (Å²) in [5.41, 5.74) is 9.81. The molecule has 198 valence electrons. The van der Waals surface area contributed by atoms with E-state index in [9.17, 15) is 9.59 Å². The number of nitrogens with one attached hydrogen (secondary N) is 1. The van der Waals surface area contributed by atoms with E-state index in [0.29, 0.717) is 28.6 Å². The molecule has 1 aromatic heterocycles. The van der Waals surface area contributed by atoms with Crippen molar-refractivity contribution < 1.29 is 14.3 Å². The van der Waals surface area contributed by atoms with Crippen LogP contribution in [0, 0.1) is 17.8 Å². The Bertz CT molecular complexity index is 1320. The van der Waals surface area contributed by atoms with Crippen molar-refractivity contribution in [2.75, 3.05) is 45.2 Å². The van der Waals surface area contributed by atoms with Crippen molar-refractivity contribution in [3.05, 3.63) is 58.9 Å². The largest absolute Gasteiger partial charge is 0.484 e. The molecule has 6 rings (SSSR count). The zero-order valence-corrected chi connectivity index (χ0v) is 22.0. The van der Waals surface area contributed by atoms with Crippen LogP contribution in [0.1, 0.15) is 17.7 Å². The van der Waals surface area contributed by atoms with Gasteiger partial charge in [0.05, 0.1) is 28.0 Å². The number of anilines is 1. The first-order valence-electron chi connectivity index (χ1n) is 13.1. The normalized spacial score (nSPS) is 25.8. The summed E-state index contributed by atoms with van der Waals surface area (Å²) in [5, 5.41) is 3.99. The standard InChI is InChI=1S/C28H31ClN6O3/c1-34-8-10-35(11-9-34)23(36)15-38-19-6-4-16(5-7-19)21-13-22-27(32-21)26(20(29)14-31-22)33-25-18-3-2-17(12-18)24(25)28(30)37/h2-7,14,17-18,24-25H,8-13,15H2,1H3,(H2,30,37)(H,31,33)/t17-,18+,24+,25-/m1/s1. The van der Waals surface area contributed by atoms with E-state index in [1.807, 2.05) is 29.2 Å². The van der Waals surface area contributed by atoms with E-state index in [-0.39, 0.29) is 42.2 Å². The Morgan fingerprint density at radius 3 is 2.61 bits per heavy atom. The van der Waals surface area contributed by atoms with E-state index < -0.39 is 0 Å². The number of nitrogens with two attached hydrogens (primary N) is 1. The van der Waals surface area contributed by atoms with Crippen molar-refractivity contribution in [1.82, 2.24) is 14.8 Å². The second-order valence-corrected chi connectivity index (χ2v) is 11.0. The molecule has 2 amide bonds. The zero-order chi connectivity index (χ0) is 26.4. The quantitative estimate of drug-likeness (QED) is 0.528. The number of piperazine rings is 1. The number of ether oxygens (including phenoxy) is 1. The Kier molecular flexibility index (Phi) is 6.57. The van der Waals surface area contributed by atoms with Gasteiger partial charge in [0.2, 0.25) is 5.91 Å². The summed E-state index contributed by atoms with van der Waals surface area (Å²) in [6, 6.07) is 7.49. The van der Waals surface area contributed by atoms with E-state index in [0.717, 1.165) is 49.6 Å². The summed E-state index contributed by atoms with van der Waals surface area (Å²) >= 11 is 6.58. The van der Waals surface area contributed by atoms with Crippen molar-refractivity contribution >= 4 is 40.5 Å². The fourth-order valence-corrected chi connectivity index (χ4v) is 6.21. The van der Waals surface area contributed by atoms with Crippen molar-refractivity contribution in [1.29, 1.82) is 0 Å². The predicted octanol–water partition coefficient (Wildman–Crippen LogP) is 2.65. The number of carbonyl (C=O) groups excluding carboxylic acids is 2. The molecule has 3 heterocycles. The SMILES string of the molecule is CN1CCN(C(=O)COc2ccc(C3=Nc4c(ncc(Cl)c4N[C@H]4[C@@H](C(N)=O)[C@@H]5C=C[C@H]4C5)C3)cc2)CC1. The summed E-state index contributed by atoms with van der Waals surface area (Å²) in [4.78, 5) is 38.1. The van der Waals surface area contributed by atoms with E-state index >= 15 is 0 Å². The molecule has 2 aromatic rings. The second-order valence-electron chi connectivity index (χ2n) is 10.6. The highest BCUT2D eigenvalue weighted by Crippen LogP contribution is 2.47.